The third-order valence-electron chi connectivity index (χ3n) is 3.39. The molecule has 0 aliphatic heterocycles. The van der Waals surface area contributed by atoms with E-state index in [0.29, 0.717) is 10.8 Å². The Bertz CT molecular complexity index is 630. The average molecular weight is 369 g/mol. The Hall–Kier alpha value is -1.03. The highest BCUT2D eigenvalue weighted by Gasteiger charge is 2.09. The lowest BCUT2D eigenvalue weighted by molar-refractivity contribution is 0.478. The monoisotopic (exact) mass is 367 g/mol. The van der Waals surface area contributed by atoms with Crippen LogP contribution in [-0.2, 0) is 6.42 Å². The molecule has 21 heavy (non-hydrogen) atoms. The summed E-state index contributed by atoms with van der Waals surface area (Å²) >= 11 is 9.59. The SMILES string of the molecule is CCC(N)Cc1ccc(C)c(Oc2ccc(Br)cc2Cl)c1. The minimum absolute atomic E-state index is 0.178. The number of rotatable bonds is 5. The molecule has 2 aromatic rings. The van der Waals surface area contributed by atoms with Gasteiger partial charge in [0, 0.05) is 10.5 Å². The summed E-state index contributed by atoms with van der Waals surface area (Å²) in [5, 5.41) is 0.583. The molecule has 4 heteroatoms. The fourth-order valence-corrected chi connectivity index (χ4v) is 2.72. The van der Waals surface area contributed by atoms with Gasteiger partial charge >= 0.3 is 0 Å². The van der Waals surface area contributed by atoms with E-state index < -0.39 is 0 Å². The van der Waals surface area contributed by atoms with Gasteiger partial charge in [0.25, 0.3) is 0 Å². The zero-order valence-corrected chi connectivity index (χ0v) is 14.5. The Balaban J connectivity index is 2.24. The number of benzene rings is 2. The molecule has 0 fully saturated rings. The van der Waals surface area contributed by atoms with Gasteiger partial charge in [-0.1, -0.05) is 46.6 Å². The summed E-state index contributed by atoms with van der Waals surface area (Å²) in [6, 6.07) is 12.0. The fourth-order valence-electron chi connectivity index (χ4n) is 2.00. The van der Waals surface area contributed by atoms with Crippen LogP contribution in [0.4, 0.5) is 0 Å². The molecule has 0 bridgehead atoms. The van der Waals surface area contributed by atoms with Crippen molar-refractivity contribution in [1.29, 1.82) is 0 Å². The van der Waals surface area contributed by atoms with Crippen LogP contribution in [0.1, 0.15) is 24.5 Å². The zero-order chi connectivity index (χ0) is 15.4. The van der Waals surface area contributed by atoms with E-state index in [2.05, 4.69) is 35.0 Å². The second-order valence-corrected chi connectivity index (χ2v) is 6.47. The van der Waals surface area contributed by atoms with Crippen molar-refractivity contribution in [3.63, 3.8) is 0 Å². The summed E-state index contributed by atoms with van der Waals surface area (Å²) in [7, 11) is 0. The molecule has 0 aliphatic carbocycles. The first-order valence-electron chi connectivity index (χ1n) is 6.97. The molecule has 112 valence electrons. The van der Waals surface area contributed by atoms with Gasteiger partial charge in [-0.05, 0) is 55.2 Å². The van der Waals surface area contributed by atoms with Crippen LogP contribution >= 0.6 is 27.5 Å². The van der Waals surface area contributed by atoms with Crippen molar-refractivity contribution in [3.05, 3.63) is 57.0 Å². The van der Waals surface area contributed by atoms with Crippen molar-refractivity contribution < 1.29 is 4.74 Å². The Morgan fingerprint density at radius 3 is 2.62 bits per heavy atom. The van der Waals surface area contributed by atoms with Gasteiger partial charge in [-0.25, -0.2) is 0 Å². The maximum Gasteiger partial charge on any atom is 0.146 e. The Labute approximate surface area is 139 Å². The summed E-state index contributed by atoms with van der Waals surface area (Å²) < 4.78 is 6.89. The maximum absolute atomic E-state index is 6.20. The van der Waals surface area contributed by atoms with Crippen LogP contribution in [0.15, 0.2) is 40.9 Å². The predicted octanol–water partition coefficient (Wildman–Crippen LogP) is 5.48. The Kier molecular flexibility index (Phi) is 5.68. The molecule has 2 nitrogen and oxygen atoms in total. The molecular weight excluding hydrogens is 350 g/mol. The quantitative estimate of drug-likeness (QED) is 0.758. The molecule has 0 saturated heterocycles. The maximum atomic E-state index is 6.20. The normalized spacial score (nSPS) is 12.2. The van der Waals surface area contributed by atoms with Gasteiger partial charge in [-0.3, -0.25) is 0 Å². The van der Waals surface area contributed by atoms with E-state index in [9.17, 15) is 0 Å². The molecule has 0 aromatic heterocycles. The lowest BCUT2D eigenvalue weighted by atomic mass is 10.0. The van der Waals surface area contributed by atoms with Crippen molar-refractivity contribution in [1.82, 2.24) is 0 Å². The summed E-state index contributed by atoms with van der Waals surface area (Å²) in [5.41, 5.74) is 8.27. The Morgan fingerprint density at radius 2 is 1.95 bits per heavy atom. The first-order chi connectivity index (χ1) is 9.99. The highest BCUT2D eigenvalue weighted by atomic mass is 79.9. The van der Waals surface area contributed by atoms with Crippen molar-refractivity contribution in [3.8, 4) is 11.5 Å². The minimum Gasteiger partial charge on any atom is -0.456 e. The molecular formula is C17H19BrClNO. The number of hydrogen-bond acceptors (Lipinski definition) is 2. The van der Waals surface area contributed by atoms with E-state index >= 15 is 0 Å². The smallest absolute Gasteiger partial charge is 0.146 e. The molecule has 1 unspecified atom stereocenters. The van der Waals surface area contributed by atoms with Gasteiger partial charge in [0.2, 0.25) is 0 Å². The largest absolute Gasteiger partial charge is 0.456 e. The number of halogens is 2. The lowest BCUT2D eigenvalue weighted by Crippen LogP contribution is -2.21. The number of hydrogen-bond donors (Lipinski definition) is 1. The van der Waals surface area contributed by atoms with Crippen molar-refractivity contribution in [2.75, 3.05) is 0 Å². The van der Waals surface area contributed by atoms with Gasteiger partial charge in [0.05, 0.1) is 5.02 Å². The molecule has 0 saturated carbocycles. The van der Waals surface area contributed by atoms with Crippen LogP contribution in [0.5, 0.6) is 11.5 Å². The topological polar surface area (TPSA) is 35.2 Å². The van der Waals surface area contributed by atoms with Gasteiger partial charge in [0.15, 0.2) is 0 Å². The van der Waals surface area contributed by atoms with E-state index in [4.69, 9.17) is 22.1 Å². The van der Waals surface area contributed by atoms with Crippen LogP contribution in [0.2, 0.25) is 5.02 Å². The molecule has 0 aliphatic rings. The average Bonchev–Trinajstić information content (AvgIpc) is 2.45. The molecule has 0 heterocycles. The van der Waals surface area contributed by atoms with E-state index in [1.165, 1.54) is 5.56 Å². The fraction of sp³-hybridized carbons (Fsp3) is 0.294. The van der Waals surface area contributed by atoms with Crippen molar-refractivity contribution in [2.24, 2.45) is 5.73 Å². The number of ether oxygens (including phenoxy) is 1. The minimum atomic E-state index is 0.178. The molecule has 2 rings (SSSR count). The van der Waals surface area contributed by atoms with Gasteiger partial charge in [0.1, 0.15) is 11.5 Å². The van der Waals surface area contributed by atoms with E-state index in [1.54, 1.807) is 0 Å². The second-order valence-electron chi connectivity index (χ2n) is 5.15. The first kappa shape index (κ1) is 16.3. The van der Waals surface area contributed by atoms with Crippen molar-refractivity contribution in [2.45, 2.75) is 32.7 Å². The van der Waals surface area contributed by atoms with Crippen LogP contribution in [-0.4, -0.2) is 6.04 Å². The van der Waals surface area contributed by atoms with Gasteiger partial charge in [-0.15, -0.1) is 0 Å². The van der Waals surface area contributed by atoms with E-state index in [1.807, 2.05) is 31.2 Å². The van der Waals surface area contributed by atoms with Crippen LogP contribution < -0.4 is 10.5 Å². The van der Waals surface area contributed by atoms with Gasteiger partial charge < -0.3 is 10.5 Å². The molecule has 2 aromatic carbocycles. The zero-order valence-electron chi connectivity index (χ0n) is 12.2. The molecule has 0 spiro atoms. The molecule has 0 amide bonds. The van der Waals surface area contributed by atoms with Crippen molar-refractivity contribution >= 4 is 27.5 Å². The number of nitrogens with two attached hydrogens (primary N) is 1. The van der Waals surface area contributed by atoms with Crippen LogP contribution in [0, 0.1) is 6.92 Å². The van der Waals surface area contributed by atoms with Crippen LogP contribution in [0.25, 0.3) is 0 Å². The first-order valence-corrected chi connectivity index (χ1v) is 8.14. The lowest BCUT2D eigenvalue weighted by Gasteiger charge is -2.14. The Morgan fingerprint density at radius 1 is 1.19 bits per heavy atom. The molecule has 2 N–H and O–H groups in total. The highest BCUT2D eigenvalue weighted by Crippen LogP contribution is 2.33. The van der Waals surface area contributed by atoms with E-state index in [0.717, 1.165) is 28.6 Å². The van der Waals surface area contributed by atoms with Crippen LogP contribution in [0.3, 0.4) is 0 Å². The molecule has 1 atom stereocenters. The number of aryl methyl sites for hydroxylation is 1. The summed E-state index contributed by atoms with van der Waals surface area (Å²) in [4.78, 5) is 0. The molecule has 0 radical (unpaired) electrons. The summed E-state index contributed by atoms with van der Waals surface area (Å²) in [5.74, 6) is 1.47. The standard InChI is InChI=1S/C17H19BrClNO/c1-3-14(20)8-12-5-4-11(2)17(9-12)21-16-7-6-13(18)10-15(16)19/h4-7,9-10,14H,3,8,20H2,1-2H3. The highest BCUT2D eigenvalue weighted by molar-refractivity contribution is 9.10. The van der Waals surface area contributed by atoms with Gasteiger partial charge in [-0.2, -0.15) is 0 Å². The summed E-state index contributed by atoms with van der Waals surface area (Å²) in [6.45, 7) is 4.11. The third-order valence-corrected chi connectivity index (χ3v) is 4.18. The predicted molar refractivity (Wildman–Crippen MR) is 92.4 cm³/mol. The summed E-state index contributed by atoms with van der Waals surface area (Å²) in [6.07, 6.45) is 1.81. The third kappa shape index (κ3) is 4.47. The second kappa shape index (κ2) is 7.30. The van der Waals surface area contributed by atoms with E-state index in [-0.39, 0.29) is 6.04 Å².